The predicted octanol–water partition coefficient (Wildman–Crippen LogP) is 0.933. The van der Waals surface area contributed by atoms with Gasteiger partial charge in [0, 0.05) is 58.7 Å². The lowest BCUT2D eigenvalue weighted by atomic mass is 10.1. The molecule has 0 saturated carbocycles. The van der Waals surface area contributed by atoms with Gasteiger partial charge in [-0.1, -0.05) is 0 Å². The topological polar surface area (TPSA) is 57.2 Å². The van der Waals surface area contributed by atoms with Crippen LogP contribution in [-0.4, -0.2) is 74.7 Å². The summed E-state index contributed by atoms with van der Waals surface area (Å²) >= 11 is 0. The Hall–Kier alpha value is -1.30. The van der Waals surface area contributed by atoms with E-state index >= 15 is 0 Å². The average molecular weight is 310 g/mol. The second-order valence-corrected chi connectivity index (χ2v) is 6.18. The Balaban J connectivity index is 1.74. The normalized spacial score (nSPS) is 22.5. The molecule has 0 aromatic heterocycles. The maximum Gasteiger partial charge on any atom is 0.222 e. The van der Waals surface area contributed by atoms with E-state index in [1.165, 1.54) is 0 Å². The molecule has 2 heterocycles. The molecule has 0 radical (unpaired) electrons. The number of rotatable bonds is 7. The Bertz CT molecular complexity index is 380. The number of nitrogens with zero attached hydrogens (tertiary/aromatic N) is 3. The van der Waals surface area contributed by atoms with E-state index in [0.29, 0.717) is 11.8 Å². The maximum atomic E-state index is 11.6. The smallest absolute Gasteiger partial charge is 0.222 e. The van der Waals surface area contributed by atoms with Gasteiger partial charge in [0.05, 0.1) is 6.61 Å². The summed E-state index contributed by atoms with van der Waals surface area (Å²) in [6, 6.07) is 0. The van der Waals surface area contributed by atoms with E-state index in [9.17, 15) is 4.79 Å². The van der Waals surface area contributed by atoms with Crippen molar-refractivity contribution in [3.63, 3.8) is 0 Å². The van der Waals surface area contributed by atoms with Gasteiger partial charge in [0.1, 0.15) is 0 Å². The molecule has 0 aromatic rings. The fourth-order valence-corrected chi connectivity index (χ4v) is 3.06. The molecule has 0 aliphatic carbocycles. The summed E-state index contributed by atoms with van der Waals surface area (Å²) in [7, 11) is 2.09. The first-order valence-corrected chi connectivity index (χ1v) is 8.55. The number of hydrogen-bond donors (Lipinski definition) is 1. The summed E-state index contributed by atoms with van der Waals surface area (Å²) in [6.07, 6.45) is 3.80. The quantitative estimate of drug-likeness (QED) is 0.432. The second-order valence-electron chi connectivity index (χ2n) is 6.18. The zero-order valence-corrected chi connectivity index (χ0v) is 14.0. The Morgan fingerprint density at radius 1 is 1.55 bits per heavy atom. The van der Waals surface area contributed by atoms with Crippen LogP contribution < -0.4 is 5.32 Å². The van der Waals surface area contributed by atoms with E-state index < -0.39 is 0 Å². The van der Waals surface area contributed by atoms with Gasteiger partial charge in [0.2, 0.25) is 5.91 Å². The molecule has 6 heteroatoms. The summed E-state index contributed by atoms with van der Waals surface area (Å²) < 4.78 is 5.44. The SMILES string of the molecule is CCNC(=NCCCN1CCCC1=O)N(C)CC1CCOC1. The van der Waals surface area contributed by atoms with Crippen LogP contribution in [0.15, 0.2) is 4.99 Å². The highest BCUT2D eigenvalue weighted by Crippen LogP contribution is 2.13. The van der Waals surface area contributed by atoms with Crippen LogP contribution >= 0.6 is 0 Å². The van der Waals surface area contributed by atoms with Crippen molar-refractivity contribution >= 4 is 11.9 Å². The molecule has 2 aliphatic rings. The molecule has 1 unspecified atom stereocenters. The Morgan fingerprint density at radius 2 is 2.41 bits per heavy atom. The van der Waals surface area contributed by atoms with Gasteiger partial charge in [-0.2, -0.15) is 0 Å². The highest BCUT2D eigenvalue weighted by molar-refractivity contribution is 5.79. The molecule has 0 bridgehead atoms. The van der Waals surface area contributed by atoms with E-state index in [0.717, 1.165) is 77.6 Å². The minimum Gasteiger partial charge on any atom is -0.381 e. The van der Waals surface area contributed by atoms with Crippen molar-refractivity contribution < 1.29 is 9.53 Å². The van der Waals surface area contributed by atoms with Crippen LogP contribution in [0.1, 0.15) is 32.6 Å². The van der Waals surface area contributed by atoms with E-state index in [1.807, 2.05) is 4.90 Å². The standard InChI is InChI=1S/C16H30N4O2/c1-3-17-16(19(2)12-14-7-11-22-13-14)18-8-5-10-20-9-4-6-15(20)21/h14H,3-13H2,1-2H3,(H,17,18). The molecule has 0 spiro atoms. The van der Waals surface area contributed by atoms with E-state index in [1.54, 1.807) is 0 Å². The number of amides is 1. The van der Waals surface area contributed by atoms with Gasteiger partial charge >= 0.3 is 0 Å². The number of ether oxygens (including phenoxy) is 1. The molecule has 126 valence electrons. The van der Waals surface area contributed by atoms with Gasteiger partial charge in [-0.3, -0.25) is 9.79 Å². The summed E-state index contributed by atoms with van der Waals surface area (Å²) in [6.45, 7) is 8.21. The van der Waals surface area contributed by atoms with Crippen LogP contribution in [0.4, 0.5) is 0 Å². The van der Waals surface area contributed by atoms with Crippen molar-refractivity contribution in [1.82, 2.24) is 15.1 Å². The van der Waals surface area contributed by atoms with Crippen LogP contribution in [-0.2, 0) is 9.53 Å². The molecule has 6 nitrogen and oxygen atoms in total. The number of guanidine groups is 1. The van der Waals surface area contributed by atoms with E-state index in [4.69, 9.17) is 9.73 Å². The van der Waals surface area contributed by atoms with Crippen LogP contribution in [0.2, 0.25) is 0 Å². The van der Waals surface area contributed by atoms with Gasteiger partial charge in [0.15, 0.2) is 5.96 Å². The summed E-state index contributed by atoms with van der Waals surface area (Å²) in [5.74, 6) is 1.87. The van der Waals surface area contributed by atoms with Crippen molar-refractivity contribution in [2.45, 2.75) is 32.6 Å². The first-order chi connectivity index (χ1) is 10.7. The number of carbonyl (C=O) groups is 1. The Morgan fingerprint density at radius 3 is 3.05 bits per heavy atom. The van der Waals surface area contributed by atoms with Gasteiger partial charge < -0.3 is 19.9 Å². The summed E-state index contributed by atoms with van der Waals surface area (Å²) in [4.78, 5) is 20.4. The number of aliphatic imine (C=N–C) groups is 1. The van der Waals surface area contributed by atoms with Crippen LogP contribution in [0.25, 0.3) is 0 Å². The van der Waals surface area contributed by atoms with Gasteiger partial charge in [-0.15, -0.1) is 0 Å². The fraction of sp³-hybridized carbons (Fsp3) is 0.875. The fourth-order valence-electron chi connectivity index (χ4n) is 3.06. The number of carbonyl (C=O) groups excluding carboxylic acids is 1. The van der Waals surface area contributed by atoms with Crippen molar-refractivity contribution in [1.29, 1.82) is 0 Å². The lowest BCUT2D eigenvalue weighted by Gasteiger charge is -2.24. The molecule has 1 N–H and O–H groups in total. The lowest BCUT2D eigenvalue weighted by molar-refractivity contribution is -0.127. The highest BCUT2D eigenvalue weighted by atomic mass is 16.5. The number of nitrogens with one attached hydrogen (secondary N) is 1. The monoisotopic (exact) mass is 310 g/mol. The first kappa shape index (κ1) is 17.1. The first-order valence-electron chi connectivity index (χ1n) is 8.55. The number of hydrogen-bond acceptors (Lipinski definition) is 3. The van der Waals surface area contributed by atoms with Crippen LogP contribution in [0.3, 0.4) is 0 Å². The summed E-state index contributed by atoms with van der Waals surface area (Å²) in [5.41, 5.74) is 0. The Labute approximate surface area is 133 Å². The zero-order valence-electron chi connectivity index (χ0n) is 14.0. The minimum atomic E-state index is 0.300. The maximum absolute atomic E-state index is 11.6. The third kappa shape index (κ3) is 5.16. The van der Waals surface area contributed by atoms with Crippen molar-refractivity contribution in [3.8, 4) is 0 Å². The third-order valence-corrected chi connectivity index (χ3v) is 4.27. The molecular formula is C16H30N4O2. The molecule has 2 saturated heterocycles. The Kier molecular flexibility index (Phi) is 6.96. The molecule has 2 aliphatic heterocycles. The molecule has 22 heavy (non-hydrogen) atoms. The van der Waals surface area contributed by atoms with Crippen molar-refractivity contribution in [2.75, 3.05) is 53.0 Å². The minimum absolute atomic E-state index is 0.300. The summed E-state index contributed by atoms with van der Waals surface area (Å²) in [5, 5.41) is 3.35. The molecule has 0 aromatic carbocycles. The second kappa shape index (κ2) is 8.98. The van der Waals surface area contributed by atoms with Crippen LogP contribution in [0.5, 0.6) is 0 Å². The van der Waals surface area contributed by atoms with E-state index in [-0.39, 0.29) is 0 Å². The van der Waals surface area contributed by atoms with Crippen molar-refractivity contribution in [2.24, 2.45) is 10.9 Å². The predicted molar refractivity (Wildman–Crippen MR) is 88.0 cm³/mol. The average Bonchev–Trinajstić information content (AvgIpc) is 3.14. The molecule has 2 rings (SSSR count). The lowest BCUT2D eigenvalue weighted by Crippen LogP contribution is -2.41. The van der Waals surface area contributed by atoms with Gasteiger partial charge in [0.25, 0.3) is 0 Å². The highest BCUT2D eigenvalue weighted by Gasteiger charge is 2.20. The molecular weight excluding hydrogens is 280 g/mol. The molecule has 1 atom stereocenters. The third-order valence-electron chi connectivity index (χ3n) is 4.27. The number of likely N-dealkylation sites (tertiary alicyclic amines) is 1. The molecule has 2 fully saturated rings. The van der Waals surface area contributed by atoms with Crippen LogP contribution in [0, 0.1) is 5.92 Å². The van der Waals surface area contributed by atoms with Gasteiger partial charge in [-0.05, 0) is 26.2 Å². The largest absolute Gasteiger partial charge is 0.381 e. The van der Waals surface area contributed by atoms with E-state index in [2.05, 4.69) is 24.2 Å². The zero-order chi connectivity index (χ0) is 15.8. The van der Waals surface area contributed by atoms with Gasteiger partial charge in [-0.25, -0.2) is 0 Å². The molecule has 1 amide bonds. The van der Waals surface area contributed by atoms with Crippen molar-refractivity contribution in [3.05, 3.63) is 0 Å².